The van der Waals surface area contributed by atoms with Crippen molar-refractivity contribution in [3.05, 3.63) is 89.4 Å². The van der Waals surface area contributed by atoms with Crippen molar-refractivity contribution < 1.29 is 13.6 Å². The van der Waals surface area contributed by atoms with Crippen LogP contribution in [0.1, 0.15) is 21.7 Å². The van der Waals surface area contributed by atoms with Crippen LogP contribution >= 0.6 is 0 Å². The maximum Gasteiger partial charge on any atom is 0.251 e. The first-order chi connectivity index (χ1) is 14.6. The summed E-state index contributed by atoms with van der Waals surface area (Å²) in [4.78, 5) is 12.8. The molecule has 0 aliphatic rings. The largest absolute Gasteiger partial charge is 0.459 e. The van der Waals surface area contributed by atoms with Crippen molar-refractivity contribution in [2.45, 2.75) is 13.5 Å². The number of halogens is 1. The molecule has 3 aromatic carbocycles. The van der Waals surface area contributed by atoms with E-state index in [4.69, 9.17) is 4.42 Å². The van der Waals surface area contributed by atoms with E-state index < -0.39 is 0 Å². The number of amides is 1. The van der Waals surface area contributed by atoms with Gasteiger partial charge in [0.25, 0.3) is 5.91 Å². The summed E-state index contributed by atoms with van der Waals surface area (Å²) in [7, 11) is 0. The highest BCUT2D eigenvalue weighted by molar-refractivity contribution is 6.02. The molecule has 2 aromatic heterocycles. The van der Waals surface area contributed by atoms with Crippen LogP contribution in [0.25, 0.3) is 33.1 Å². The normalized spacial score (nSPS) is 11.3. The fourth-order valence-electron chi connectivity index (χ4n) is 3.68. The molecule has 5 aromatic rings. The fraction of sp³-hybridized carbons (Fsp3) is 0.0833. The van der Waals surface area contributed by atoms with Crippen LogP contribution in [0.5, 0.6) is 0 Å². The van der Waals surface area contributed by atoms with Crippen LogP contribution in [0, 0.1) is 12.7 Å². The van der Waals surface area contributed by atoms with Crippen LogP contribution in [0.2, 0.25) is 0 Å². The van der Waals surface area contributed by atoms with Crippen molar-refractivity contribution in [1.82, 2.24) is 15.5 Å². The van der Waals surface area contributed by atoms with Gasteiger partial charge >= 0.3 is 0 Å². The number of carbonyl (C=O) groups excluding carboxylic acids is 1. The van der Waals surface area contributed by atoms with E-state index in [2.05, 4.69) is 15.5 Å². The number of furan rings is 1. The molecule has 0 atom stereocenters. The van der Waals surface area contributed by atoms with Gasteiger partial charge in [-0.25, -0.2) is 4.39 Å². The molecule has 0 aliphatic heterocycles. The summed E-state index contributed by atoms with van der Waals surface area (Å²) in [5.41, 5.74) is 4.27. The van der Waals surface area contributed by atoms with E-state index in [-0.39, 0.29) is 18.3 Å². The molecule has 0 spiro atoms. The Morgan fingerprint density at radius 3 is 2.80 bits per heavy atom. The Labute approximate surface area is 171 Å². The standard InChI is InChI=1S/C24H18FN3O2/c1-14-9-17(24(29)26-13-19-11-15-5-2-3-8-21(15)30-19)12-20-22(14)27-28-23(20)16-6-4-7-18(25)10-16/h2-12H,13H2,1H3,(H,26,29)(H,27,28). The zero-order chi connectivity index (χ0) is 20.7. The van der Waals surface area contributed by atoms with Crippen molar-refractivity contribution in [2.24, 2.45) is 0 Å². The molecular formula is C24H18FN3O2. The van der Waals surface area contributed by atoms with Crippen molar-refractivity contribution in [3.8, 4) is 11.3 Å². The van der Waals surface area contributed by atoms with Gasteiger partial charge in [0, 0.05) is 21.9 Å². The molecule has 0 radical (unpaired) electrons. The molecule has 0 unspecified atom stereocenters. The van der Waals surface area contributed by atoms with Gasteiger partial charge in [0.15, 0.2) is 0 Å². The maximum absolute atomic E-state index is 13.7. The van der Waals surface area contributed by atoms with E-state index in [0.29, 0.717) is 22.6 Å². The summed E-state index contributed by atoms with van der Waals surface area (Å²) in [6.45, 7) is 2.18. The number of rotatable bonds is 4. The molecule has 5 nitrogen and oxygen atoms in total. The van der Waals surface area contributed by atoms with Gasteiger partial charge in [-0.2, -0.15) is 5.10 Å². The number of benzene rings is 3. The van der Waals surface area contributed by atoms with Crippen molar-refractivity contribution >= 4 is 27.8 Å². The fourth-order valence-corrected chi connectivity index (χ4v) is 3.68. The van der Waals surface area contributed by atoms with Gasteiger partial charge in [-0.3, -0.25) is 9.89 Å². The number of carbonyl (C=O) groups is 1. The monoisotopic (exact) mass is 399 g/mol. The lowest BCUT2D eigenvalue weighted by Crippen LogP contribution is -2.22. The molecule has 5 rings (SSSR count). The maximum atomic E-state index is 13.7. The van der Waals surface area contributed by atoms with Crippen LogP contribution < -0.4 is 5.32 Å². The Hall–Kier alpha value is -3.93. The molecule has 0 saturated carbocycles. The second kappa shape index (κ2) is 7.15. The summed E-state index contributed by atoms with van der Waals surface area (Å²) >= 11 is 0. The number of nitrogens with zero attached hydrogens (tertiary/aromatic N) is 1. The molecule has 0 saturated heterocycles. The summed E-state index contributed by atoms with van der Waals surface area (Å²) in [6.07, 6.45) is 0. The average Bonchev–Trinajstić information content (AvgIpc) is 3.36. The summed E-state index contributed by atoms with van der Waals surface area (Å²) in [5.74, 6) is 0.143. The van der Waals surface area contributed by atoms with Gasteiger partial charge in [0.2, 0.25) is 0 Å². The molecule has 1 amide bonds. The van der Waals surface area contributed by atoms with Crippen LogP contribution in [0.3, 0.4) is 0 Å². The molecule has 2 N–H and O–H groups in total. The van der Waals surface area contributed by atoms with Gasteiger partial charge < -0.3 is 9.73 Å². The van der Waals surface area contributed by atoms with E-state index in [9.17, 15) is 9.18 Å². The summed E-state index contributed by atoms with van der Waals surface area (Å²) < 4.78 is 19.4. The third-order valence-electron chi connectivity index (χ3n) is 5.12. The molecule has 6 heteroatoms. The SMILES string of the molecule is Cc1cc(C(=O)NCc2cc3ccccc3o2)cc2c(-c3cccc(F)c3)[nH]nc12. The number of nitrogens with one attached hydrogen (secondary N) is 2. The van der Waals surface area contributed by atoms with Crippen molar-refractivity contribution in [3.63, 3.8) is 0 Å². The third kappa shape index (κ3) is 3.22. The Balaban J connectivity index is 1.44. The topological polar surface area (TPSA) is 70.9 Å². The quantitative estimate of drug-likeness (QED) is 0.428. The Morgan fingerprint density at radius 2 is 1.97 bits per heavy atom. The number of para-hydroxylation sites is 1. The molecule has 0 aliphatic carbocycles. The zero-order valence-electron chi connectivity index (χ0n) is 16.2. The first-order valence-electron chi connectivity index (χ1n) is 9.59. The van der Waals surface area contributed by atoms with Gasteiger partial charge in [-0.05, 0) is 48.9 Å². The summed E-state index contributed by atoms with van der Waals surface area (Å²) in [5, 5.41) is 12.0. The second-order valence-corrected chi connectivity index (χ2v) is 7.23. The van der Waals surface area contributed by atoms with E-state index in [0.717, 1.165) is 27.4 Å². The summed E-state index contributed by atoms with van der Waals surface area (Å²) in [6, 6.07) is 19.5. The highest BCUT2D eigenvalue weighted by atomic mass is 19.1. The first kappa shape index (κ1) is 18.1. The molecule has 0 bridgehead atoms. The molecule has 0 fully saturated rings. The van der Waals surface area contributed by atoms with Gasteiger partial charge in [-0.15, -0.1) is 0 Å². The minimum atomic E-state index is -0.327. The number of hydrogen-bond acceptors (Lipinski definition) is 3. The molecule has 30 heavy (non-hydrogen) atoms. The number of aromatic amines is 1. The predicted octanol–water partition coefficient (Wildman–Crippen LogP) is 5.35. The molecular weight excluding hydrogens is 381 g/mol. The van der Waals surface area contributed by atoms with E-state index in [1.54, 1.807) is 24.3 Å². The third-order valence-corrected chi connectivity index (χ3v) is 5.12. The van der Waals surface area contributed by atoms with Crippen LogP contribution in [-0.2, 0) is 6.54 Å². The number of fused-ring (bicyclic) bond motifs is 2. The first-order valence-corrected chi connectivity index (χ1v) is 9.59. The average molecular weight is 399 g/mol. The molecule has 2 heterocycles. The highest BCUT2D eigenvalue weighted by Crippen LogP contribution is 2.29. The lowest BCUT2D eigenvalue weighted by atomic mass is 10.0. The van der Waals surface area contributed by atoms with Crippen molar-refractivity contribution in [1.29, 1.82) is 0 Å². The Morgan fingerprint density at radius 1 is 1.10 bits per heavy atom. The second-order valence-electron chi connectivity index (χ2n) is 7.23. The zero-order valence-corrected chi connectivity index (χ0v) is 16.2. The van der Waals surface area contributed by atoms with E-state index >= 15 is 0 Å². The lowest BCUT2D eigenvalue weighted by molar-refractivity contribution is 0.0948. The van der Waals surface area contributed by atoms with Crippen LogP contribution in [-0.4, -0.2) is 16.1 Å². The lowest BCUT2D eigenvalue weighted by Gasteiger charge is -2.06. The number of aryl methyl sites for hydroxylation is 1. The number of hydrogen-bond donors (Lipinski definition) is 2. The number of H-pyrrole nitrogens is 1. The van der Waals surface area contributed by atoms with E-state index in [1.807, 2.05) is 37.3 Å². The van der Waals surface area contributed by atoms with Gasteiger partial charge in [-0.1, -0.05) is 30.3 Å². The highest BCUT2D eigenvalue weighted by Gasteiger charge is 2.15. The van der Waals surface area contributed by atoms with Crippen LogP contribution in [0.15, 0.2) is 71.1 Å². The predicted molar refractivity (Wildman–Crippen MR) is 114 cm³/mol. The molecule has 148 valence electrons. The van der Waals surface area contributed by atoms with Gasteiger partial charge in [0.1, 0.15) is 17.2 Å². The Bertz CT molecular complexity index is 1370. The van der Waals surface area contributed by atoms with E-state index in [1.165, 1.54) is 12.1 Å². The number of aromatic nitrogens is 2. The van der Waals surface area contributed by atoms with Crippen LogP contribution in [0.4, 0.5) is 4.39 Å². The minimum Gasteiger partial charge on any atom is -0.459 e. The minimum absolute atomic E-state index is 0.216. The van der Waals surface area contributed by atoms with Gasteiger partial charge in [0.05, 0.1) is 17.8 Å². The Kier molecular flexibility index (Phi) is 4.32. The smallest absolute Gasteiger partial charge is 0.251 e. The van der Waals surface area contributed by atoms with Crippen molar-refractivity contribution in [2.75, 3.05) is 0 Å².